The monoisotopic (exact) mass is 209 g/mol. The summed E-state index contributed by atoms with van der Waals surface area (Å²) in [5, 5.41) is 7.36. The fourth-order valence-corrected chi connectivity index (χ4v) is 1.74. The van der Waals surface area contributed by atoms with Gasteiger partial charge in [0.2, 0.25) is 0 Å². The zero-order chi connectivity index (χ0) is 10.8. The predicted octanol–water partition coefficient (Wildman–Crippen LogP) is 0.746. The van der Waals surface area contributed by atoms with Crippen molar-refractivity contribution in [3.05, 3.63) is 11.6 Å². The van der Waals surface area contributed by atoms with Crippen molar-refractivity contribution in [3.8, 4) is 0 Å². The molecular formula is C9H11N3O3. The van der Waals surface area contributed by atoms with Gasteiger partial charge in [-0.05, 0) is 12.0 Å². The Bertz CT molecular complexity index is 362. The Kier molecular flexibility index (Phi) is 2.49. The zero-order valence-electron chi connectivity index (χ0n) is 8.34. The summed E-state index contributed by atoms with van der Waals surface area (Å²) < 4.78 is 4.62. The summed E-state index contributed by atoms with van der Waals surface area (Å²) in [4.78, 5) is 23.8. The summed E-state index contributed by atoms with van der Waals surface area (Å²) in [6.07, 6.45) is 1.77. The second-order valence-corrected chi connectivity index (χ2v) is 3.47. The van der Waals surface area contributed by atoms with Crippen LogP contribution in [0.2, 0.25) is 0 Å². The highest BCUT2D eigenvalue weighted by Gasteiger charge is 2.29. The number of hydrogen-bond acceptors (Lipinski definition) is 4. The topological polar surface area (TPSA) is 71.3 Å². The standard InChI is InChI=1S/C9H11N3O3/c1-15-9(14)12-3-2-7-6(5-12)4-8(13)11-10-7/h4,7H,2-3,5H2,1H3. The molecule has 6 heteroatoms. The van der Waals surface area contributed by atoms with Crippen LogP contribution in [0.1, 0.15) is 6.42 Å². The van der Waals surface area contributed by atoms with Crippen molar-refractivity contribution < 1.29 is 14.3 Å². The molecule has 1 fully saturated rings. The smallest absolute Gasteiger partial charge is 0.409 e. The maximum absolute atomic E-state index is 11.3. The fraction of sp³-hybridized carbons (Fsp3) is 0.556. The lowest BCUT2D eigenvalue weighted by molar-refractivity contribution is -0.114. The van der Waals surface area contributed by atoms with E-state index in [2.05, 4.69) is 15.0 Å². The van der Waals surface area contributed by atoms with E-state index in [1.807, 2.05) is 0 Å². The predicted molar refractivity (Wildman–Crippen MR) is 50.3 cm³/mol. The van der Waals surface area contributed by atoms with Crippen LogP contribution in [0.25, 0.3) is 0 Å². The Balaban J connectivity index is 2.10. The number of azo groups is 1. The molecule has 1 atom stereocenters. The molecule has 2 rings (SSSR count). The molecule has 15 heavy (non-hydrogen) atoms. The highest BCUT2D eigenvalue weighted by Crippen LogP contribution is 2.23. The van der Waals surface area contributed by atoms with E-state index in [4.69, 9.17) is 0 Å². The van der Waals surface area contributed by atoms with Gasteiger partial charge in [-0.15, -0.1) is 5.11 Å². The number of piperidine rings is 1. The molecule has 2 aliphatic rings. The summed E-state index contributed by atoms with van der Waals surface area (Å²) in [6.45, 7) is 0.990. The van der Waals surface area contributed by atoms with Crippen molar-refractivity contribution in [1.29, 1.82) is 0 Å². The first-order chi connectivity index (χ1) is 7.20. The maximum Gasteiger partial charge on any atom is 0.409 e. The van der Waals surface area contributed by atoms with Crippen molar-refractivity contribution in [1.82, 2.24) is 4.90 Å². The summed E-state index contributed by atoms with van der Waals surface area (Å²) in [6, 6.07) is -0.0383. The molecule has 2 heterocycles. The number of nitrogens with zero attached hydrogens (tertiary/aromatic N) is 3. The summed E-state index contributed by atoms with van der Waals surface area (Å²) in [5.74, 6) is -0.354. The minimum atomic E-state index is -0.371. The molecule has 0 aliphatic carbocycles. The maximum atomic E-state index is 11.3. The number of amides is 2. The van der Waals surface area contributed by atoms with Gasteiger partial charge < -0.3 is 9.64 Å². The van der Waals surface area contributed by atoms with Crippen molar-refractivity contribution >= 4 is 12.0 Å². The van der Waals surface area contributed by atoms with Crippen LogP contribution < -0.4 is 0 Å². The van der Waals surface area contributed by atoms with Crippen LogP contribution in [-0.2, 0) is 9.53 Å². The van der Waals surface area contributed by atoms with Gasteiger partial charge in [0.05, 0.1) is 13.2 Å². The first kappa shape index (κ1) is 9.82. The lowest BCUT2D eigenvalue weighted by atomic mass is 9.98. The second kappa shape index (κ2) is 3.80. The molecule has 0 spiro atoms. The highest BCUT2D eigenvalue weighted by atomic mass is 16.5. The van der Waals surface area contributed by atoms with Gasteiger partial charge in [0.15, 0.2) is 0 Å². The highest BCUT2D eigenvalue weighted by molar-refractivity contribution is 5.89. The number of rotatable bonds is 0. The van der Waals surface area contributed by atoms with Crippen LogP contribution in [0.15, 0.2) is 21.9 Å². The zero-order valence-corrected chi connectivity index (χ0v) is 8.34. The SMILES string of the molecule is COC(=O)N1CCC2N=NC(=O)C=C2C1. The molecule has 0 saturated carbocycles. The first-order valence-corrected chi connectivity index (χ1v) is 4.69. The van der Waals surface area contributed by atoms with Gasteiger partial charge in [0.25, 0.3) is 5.91 Å². The van der Waals surface area contributed by atoms with Gasteiger partial charge in [-0.3, -0.25) is 4.79 Å². The third-order valence-electron chi connectivity index (χ3n) is 2.51. The van der Waals surface area contributed by atoms with Gasteiger partial charge >= 0.3 is 6.09 Å². The molecule has 1 saturated heterocycles. The van der Waals surface area contributed by atoms with E-state index in [9.17, 15) is 9.59 Å². The third-order valence-corrected chi connectivity index (χ3v) is 2.51. The Morgan fingerprint density at radius 2 is 2.47 bits per heavy atom. The largest absolute Gasteiger partial charge is 0.453 e. The molecule has 0 aromatic rings. The lowest BCUT2D eigenvalue weighted by Gasteiger charge is -2.31. The molecule has 0 aromatic heterocycles. The fourth-order valence-electron chi connectivity index (χ4n) is 1.74. The van der Waals surface area contributed by atoms with Crippen LogP contribution >= 0.6 is 0 Å². The van der Waals surface area contributed by atoms with Crippen LogP contribution in [0, 0.1) is 0 Å². The number of likely N-dealkylation sites (tertiary alicyclic amines) is 1. The Morgan fingerprint density at radius 3 is 3.20 bits per heavy atom. The molecule has 0 aromatic carbocycles. The van der Waals surface area contributed by atoms with E-state index >= 15 is 0 Å². The summed E-state index contributed by atoms with van der Waals surface area (Å²) in [5.41, 5.74) is 0.839. The van der Waals surface area contributed by atoms with Gasteiger partial charge in [0.1, 0.15) is 0 Å². The molecule has 6 nitrogen and oxygen atoms in total. The van der Waals surface area contributed by atoms with Crippen molar-refractivity contribution in [2.24, 2.45) is 10.2 Å². The first-order valence-electron chi connectivity index (χ1n) is 4.69. The molecule has 2 amide bonds. The average molecular weight is 209 g/mol. The molecular weight excluding hydrogens is 198 g/mol. The van der Waals surface area contributed by atoms with Gasteiger partial charge in [0, 0.05) is 19.2 Å². The van der Waals surface area contributed by atoms with E-state index in [1.54, 1.807) is 4.90 Å². The minimum absolute atomic E-state index is 0.0383. The van der Waals surface area contributed by atoms with Crippen LogP contribution in [0.4, 0.5) is 4.79 Å². The van der Waals surface area contributed by atoms with Gasteiger partial charge in [-0.2, -0.15) is 5.11 Å². The number of methoxy groups -OCH3 is 1. The van der Waals surface area contributed by atoms with Crippen LogP contribution in [0.5, 0.6) is 0 Å². The Hall–Kier alpha value is -1.72. The second-order valence-electron chi connectivity index (χ2n) is 3.47. The molecule has 0 bridgehead atoms. The van der Waals surface area contributed by atoms with Gasteiger partial charge in [-0.1, -0.05) is 0 Å². The number of carbonyl (C=O) groups is 2. The molecule has 1 unspecified atom stereocenters. The Labute approximate surface area is 86.6 Å². The minimum Gasteiger partial charge on any atom is -0.453 e. The number of carbonyl (C=O) groups excluding carboxylic acids is 2. The number of hydrogen-bond donors (Lipinski definition) is 0. The van der Waals surface area contributed by atoms with E-state index in [0.717, 1.165) is 5.57 Å². The van der Waals surface area contributed by atoms with Crippen molar-refractivity contribution in [3.63, 3.8) is 0 Å². The van der Waals surface area contributed by atoms with Crippen LogP contribution in [0.3, 0.4) is 0 Å². The molecule has 0 radical (unpaired) electrons. The van der Waals surface area contributed by atoms with E-state index < -0.39 is 0 Å². The molecule has 0 N–H and O–H groups in total. The quantitative estimate of drug-likeness (QED) is 0.590. The van der Waals surface area contributed by atoms with Crippen molar-refractivity contribution in [2.75, 3.05) is 20.2 Å². The van der Waals surface area contributed by atoms with Gasteiger partial charge in [-0.25, -0.2) is 4.79 Å². The number of ether oxygens (including phenoxy) is 1. The van der Waals surface area contributed by atoms with Crippen LogP contribution in [-0.4, -0.2) is 43.1 Å². The lowest BCUT2D eigenvalue weighted by Crippen LogP contribution is -2.41. The van der Waals surface area contributed by atoms with Crippen molar-refractivity contribution in [2.45, 2.75) is 12.5 Å². The van der Waals surface area contributed by atoms with E-state index in [0.29, 0.717) is 19.5 Å². The summed E-state index contributed by atoms with van der Waals surface area (Å²) in [7, 11) is 1.34. The molecule has 2 aliphatic heterocycles. The Morgan fingerprint density at radius 1 is 1.67 bits per heavy atom. The summed E-state index contributed by atoms with van der Waals surface area (Å²) >= 11 is 0. The molecule has 80 valence electrons. The van der Waals surface area contributed by atoms with E-state index in [-0.39, 0.29) is 18.0 Å². The normalized spacial score (nSPS) is 24.6. The van der Waals surface area contributed by atoms with E-state index in [1.165, 1.54) is 13.2 Å². The average Bonchev–Trinajstić information content (AvgIpc) is 2.27. The number of fused-ring (bicyclic) bond motifs is 1. The third kappa shape index (κ3) is 1.88.